The summed E-state index contributed by atoms with van der Waals surface area (Å²) >= 11 is 0. The van der Waals surface area contributed by atoms with Crippen molar-refractivity contribution in [3.05, 3.63) is 35.9 Å². The third-order valence-electron chi connectivity index (χ3n) is 3.15. The molecule has 0 radical (unpaired) electrons. The van der Waals surface area contributed by atoms with Gasteiger partial charge in [0.2, 0.25) is 11.8 Å². The Bertz CT molecular complexity index is 431. The highest BCUT2D eigenvalue weighted by Crippen LogP contribution is 2.18. The van der Waals surface area contributed by atoms with Crippen molar-refractivity contribution in [1.82, 2.24) is 10.2 Å². The Hall–Kier alpha value is -1.84. The number of rotatable bonds is 4. The minimum atomic E-state index is -0.120. The number of benzene rings is 1. The van der Waals surface area contributed by atoms with Crippen LogP contribution < -0.4 is 5.32 Å². The lowest BCUT2D eigenvalue weighted by molar-refractivity contribution is -0.128. The molecule has 1 aromatic rings. The van der Waals surface area contributed by atoms with E-state index < -0.39 is 0 Å². The molecule has 1 aliphatic rings. The van der Waals surface area contributed by atoms with E-state index in [1.54, 1.807) is 0 Å². The number of carbonyl (C=O) groups excluding carboxylic acids is 2. The predicted octanol–water partition coefficient (Wildman–Crippen LogP) is 1.49. The standard InChI is InChI=1S/C14H18N2O2/c1-11(17)15-13(12-6-3-2-4-7-12)10-16-9-5-8-14(16)18/h2-4,6-7,13H,5,8-10H2,1H3,(H,15,17). The van der Waals surface area contributed by atoms with Gasteiger partial charge in [0.1, 0.15) is 0 Å². The Labute approximate surface area is 107 Å². The molecule has 1 N–H and O–H groups in total. The lowest BCUT2D eigenvalue weighted by atomic mass is 10.1. The van der Waals surface area contributed by atoms with Crippen molar-refractivity contribution in [1.29, 1.82) is 0 Å². The Morgan fingerprint density at radius 2 is 2.11 bits per heavy atom. The van der Waals surface area contributed by atoms with Crippen LogP contribution in [0.25, 0.3) is 0 Å². The highest BCUT2D eigenvalue weighted by molar-refractivity contribution is 5.78. The van der Waals surface area contributed by atoms with Crippen LogP contribution in [0.5, 0.6) is 0 Å². The summed E-state index contributed by atoms with van der Waals surface area (Å²) in [5, 5.41) is 2.91. The molecule has 96 valence electrons. The maximum atomic E-state index is 11.6. The Morgan fingerprint density at radius 3 is 2.67 bits per heavy atom. The van der Waals surface area contributed by atoms with Crippen molar-refractivity contribution in [2.45, 2.75) is 25.8 Å². The van der Waals surface area contributed by atoms with Crippen LogP contribution >= 0.6 is 0 Å². The molecule has 1 saturated heterocycles. The molecule has 1 aliphatic heterocycles. The van der Waals surface area contributed by atoms with Crippen LogP contribution in [0.3, 0.4) is 0 Å². The molecule has 0 aliphatic carbocycles. The van der Waals surface area contributed by atoms with E-state index in [0.29, 0.717) is 13.0 Å². The van der Waals surface area contributed by atoms with Crippen LogP contribution in [0.2, 0.25) is 0 Å². The summed E-state index contributed by atoms with van der Waals surface area (Å²) in [6, 6.07) is 9.65. The number of hydrogen-bond donors (Lipinski definition) is 1. The van der Waals surface area contributed by atoms with Gasteiger partial charge in [-0.15, -0.1) is 0 Å². The number of nitrogens with one attached hydrogen (secondary N) is 1. The summed E-state index contributed by atoms with van der Waals surface area (Å²) in [5.74, 6) is 0.108. The maximum Gasteiger partial charge on any atom is 0.222 e. The van der Waals surface area contributed by atoms with Crippen molar-refractivity contribution >= 4 is 11.8 Å². The van der Waals surface area contributed by atoms with E-state index in [1.165, 1.54) is 6.92 Å². The second-order valence-electron chi connectivity index (χ2n) is 4.61. The molecule has 0 bridgehead atoms. The third-order valence-corrected chi connectivity index (χ3v) is 3.15. The zero-order chi connectivity index (χ0) is 13.0. The Morgan fingerprint density at radius 1 is 1.39 bits per heavy atom. The molecule has 0 saturated carbocycles. The number of amides is 2. The summed E-state index contributed by atoms with van der Waals surface area (Å²) < 4.78 is 0. The molecule has 1 heterocycles. The molecule has 1 aromatic carbocycles. The second kappa shape index (κ2) is 5.67. The van der Waals surface area contributed by atoms with E-state index >= 15 is 0 Å². The molecule has 2 rings (SSSR count). The summed E-state index contributed by atoms with van der Waals surface area (Å²) in [6.45, 7) is 2.85. The number of carbonyl (C=O) groups is 2. The zero-order valence-corrected chi connectivity index (χ0v) is 10.6. The summed E-state index contributed by atoms with van der Waals surface area (Å²) in [7, 11) is 0. The lowest BCUT2D eigenvalue weighted by Gasteiger charge is -2.24. The largest absolute Gasteiger partial charge is 0.348 e. The van der Waals surface area contributed by atoms with Gasteiger partial charge in [0.15, 0.2) is 0 Å². The van der Waals surface area contributed by atoms with Gasteiger partial charge in [0.25, 0.3) is 0 Å². The summed E-state index contributed by atoms with van der Waals surface area (Å²) in [5.41, 5.74) is 1.03. The maximum absolute atomic E-state index is 11.6. The topological polar surface area (TPSA) is 49.4 Å². The van der Waals surface area contributed by atoms with Crippen molar-refractivity contribution in [2.24, 2.45) is 0 Å². The molecule has 4 nitrogen and oxygen atoms in total. The van der Waals surface area contributed by atoms with E-state index in [1.807, 2.05) is 35.2 Å². The fourth-order valence-corrected chi connectivity index (χ4v) is 2.28. The van der Waals surface area contributed by atoms with Crippen molar-refractivity contribution in [2.75, 3.05) is 13.1 Å². The van der Waals surface area contributed by atoms with E-state index in [4.69, 9.17) is 0 Å². The monoisotopic (exact) mass is 246 g/mol. The summed E-state index contributed by atoms with van der Waals surface area (Å²) in [6.07, 6.45) is 1.54. The van der Waals surface area contributed by atoms with Crippen molar-refractivity contribution in [3.63, 3.8) is 0 Å². The van der Waals surface area contributed by atoms with Gasteiger partial charge in [-0.1, -0.05) is 30.3 Å². The number of likely N-dealkylation sites (tertiary alicyclic amines) is 1. The van der Waals surface area contributed by atoms with E-state index in [9.17, 15) is 9.59 Å². The van der Waals surface area contributed by atoms with Crippen LogP contribution in [-0.4, -0.2) is 29.8 Å². The molecule has 2 amide bonds. The fourth-order valence-electron chi connectivity index (χ4n) is 2.28. The molecule has 1 fully saturated rings. The molecule has 0 aromatic heterocycles. The summed E-state index contributed by atoms with van der Waals surface area (Å²) in [4.78, 5) is 24.7. The van der Waals surface area contributed by atoms with E-state index in [-0.39, 0.29) is 17.9 Å². The molecular weight excluding hydrogens is 228 g/mol. The Kier molecular flexibility index (Phi) is 3.97. The van der Waals surface area contributed by atoms with Crippen LogP contribution in [0, 0.1) is 0 Å². The predicted molar refractivity (Wildman–Crippen MR) is 68.8 cm³/mol. The van der Waals surface area contributed by atoms with Gasteiger partial charge in [-0.2, -0.15) is 0 Å². The van der Waals surface area contributed by atoms with Crippen LogP contribution in [-0.2, 0) is 9.59 Å². The first-order valence-electron chi connectivity index (χ1n) is 6.26. The molecule has 0 spiro atoms. The number of nitrogens with zero attached hydrogens (tertiary/aromatic N) is 1. The number of hydrogen-bond acceptors (Lipinski definition) is 2. The fraction of sp³-hybridized carbons (Fsp3) is 0.429. The Balaban J connectivity index is 2.10. The first-order chi connectivity index (χ1) is 8.66. The van der Waals surface area contributed by atoms with Gasteiger partial charge in [0.05, 0.1) is 6.04 Å². The normalized spacial score (nSPS) is 16.7. The minimum absolute atomic E-state index is 0.0736. The SMILES string of the molecule is CC(=O)NC(CN1CCCC1=O)c1ccccc1. The van der Waals surface area contributed by atoms with Gasteiger partial charge in [-0.05, 0) is 12.0 Å². The van der Waals surface area contributed by atoms with Gasteiger partial charge < -0.3 is 10.2 Å². The van der Waals surface area contributed by atoms with Crippen molar-refractivity contribution < 1.29 is 9.59 Å². The average molecular weight is 246 g/mol. The molecular formula is C14H18N2O2. The van der Waals surface area contributed by atoms with E-state index in [2.05, 4.69) is 5.32 Å². The zero-order valence-electron chi connectivity index (χ0n) is 10.6. The van der Waals surface area contributed by atoms with Crippen LogP contribution in [0.1, 0.15) is 31.4 Å². The molecule has 18 heavy (non-hydrogen) atoms. The van der Waals surface area contributed by atoms with Gasteiger partial charge in [-0.3, -0.25) is 9.59 Å². The second-order valence-corrected chi connectivity index (χ2v) is 4.61. The van der Waals surface area contributed by atoms with Gasteiger partial charge >= 0.3 is 0 Å². The molecule has 1 atom stereocenters. The quantitative estimate of drug-likeness (QED) is 0.875. The van der Waals surface area contributed by atoms with Gasteiger partial charge in [0, 0.05) is 26.4 Å². The molecule has 4 heteroatoms. The lowest BCUT2D eigenvalue weighted by Crippen LogP contribution is -2.37. The highest BCUT2D eigenvalue weighted by atomic mass is 16.2. The first kappa shape index (κ1) is 12.6. The van der Waals surface area contributed by atoms with Crippen LogP contribution in [0.15, 0.2) is 30.3 Å². The first-order valence-corrected chi connectivity index (χ1v) is 6.26. The van der Waals surface area contributed by atoms with Gasteiger partial charge in [-0.25, -0.2) is 0 Å². The van der Waals surface area contributed by atoms with Crippen LogP contribution in [0.4, 0.5) is 0 Å². The average Bonchev–Trinajstić information content (AvgIpc) is 2.75. The minimum Gasteiger partial charge on any atom is -0.348 e. The van der Waals surface area contributed by atoms with Crippen molar-refractivity contribution in [3.8, 4) is 0 Å². The smallest absolute Gasteiger partial charge is 0.222 e. The highest BCUT2D eigenvalue weighted by Gasteiger charge is 2.24. The molecule has 1 unspecified atom stereocenters. The third kappa shape index (κ3) is 3.09. The van der Waals surface area contributed by atoms with E-state index in [0.717, 1.165) is 18.5 Å².